The lowest BCUT2D eigenvalue weighted by Gasteiger charge is -2.49. The third-order valence-corrected chi connectivity index (χ3v) is 4.74. The van der Waals surface area contributed by atoms with Crippen LogP contribution in [0.2, 0.25) is 5.02 Å². The van der Waals surface area contributed by atoms with Gasteiger partial charge in [0.2, 0.25) is 4.33 Å². The Labute approximate surface area is 143 Å². The molecule has 2 aromatic rings. The first-order chi connectivity index (χ1) is 10.5. The SMILES string of the molecule is COc1ccc(N2C(=O)C(Cl)(Cl)C2c2ccccc2Cl)cc1. The fraction of sp³-hybridized carbons (Fsp3) is 0.188. The van der Waals surface area contributed by atoms with E-state index < -0.39 is 10.4 Å². The number of methoxy groups -OCH3 is 1. The van der Waals surface area contributed by atoms with Gasteiger partial charge in [0, 0.05) is 10.7 Å². The van der Waals surface area contributed by atoms with E-state index in [0.717, 1.165) is 0 Å². The fourth-order valence-corrected chi connectivity index (χ4v) is 3.38. The van der Waals surface area contributed by atoms with Crippen LogP contribution in [0.5, 0.6) is 5.75 Å². The van der Waals surface area contributed by atoms with Crippen LogP contribution in [-0.4, -0.2) is 17.4 Å². The number of hydrogen-bond donors (Lipinski definition) is 0. The molecule has 3 nitrogen and oxygen atoms in total. The Bertz CT molecular complexity index is 716. The summed E-state index contributed by atoms with van der Waals surface area (Å²) in [6, 6.07) is 13.8. The monoisotopic (exact) mass is 355 g/mol. The van der Waals surface area contributed by atoms with Gasteiger partial charge < -0.3 is 4.74 Å². The largest absolute Gasteiger partial charge is 0.497 e. The highest BCUT2D eigenvalue weighted by Gasteiger charge is 2.60. The second kappa shape index (κ2) is 5.65. The Kier molecular flexibility index (Phi) is 3.98. The summed E-state index contributed by atoms with van der Waals surface area (Å²) in [7, 11) is 1.58. The molecule has 0 radical (unpaired) electrons. The number of alkyl halides is 2. The summed E-state index contributed by atoms with van der Waals surface area (Å²) in [5.41, 5.74) is 1.40. The molecule has 0 bridgehead atoms. The molecule has 1 amide bonds. The predicted octanol–water partition coefficient (Wildman–Crippen LogP) is 4.61. The maximum absolute atomic E-state index is 12.3. The molecule has 1 atom stereocenters. The van der Waals surface area contributed by atoms with Gasteiger partial charge in [0.1, 0.15) is 11.8 Å². The molecule has 22 heavy (non-hydrogen) atoms. The molecule has 6 heteroatoms. The van der Waals surface area contributed by atoms with Crippen molar-refractivity contribution in [1.29, 1.82) is 0 Å². The summed E-state index contributed by atoms with van der Waals surface area (Å²) in [4.78, 5) is 13.9. The number of rotatable bonds is 3. The minimum atomic E-state index is -1.52. The molecule has 0 aliphatic carbocycles. The van der Waals surface area contributed by atoms with Gasteiger partial charge in [-0.15, -0.1) is 0 Å². The van der Waals surface area contributed by atoms with Crippen molar-refractivity contribution in [2.75, 3.05) is 12.0 Å². The molecule has 1 aliphatic rings. The molecule has 114 valence electrons. The van der Waals surface area contributed by atoms with Crippen molar-refractivity contribution in [2.45, 2.75) is 10.4 Å². The van der Waals surface area contributed by atoms with Crippen LogP contribution in [-0.2, 0) is 4.79 Å². The number of benzene rings is 2. The van der Waals surface area contributed by atoms with Crippen LogP contribution in [0.4, 0.5) is 5.69 Å². The van der Waals surface area contributed by atoms with Crippen molar-refractivity contribution in [3.63, 3.8) is 0 Å². The average Bonchev–Trinajstić information content (AvgIpc) is 2.53. The van der Waals surface area contributed by atoms with Crippen LogP contribution < -0.4 is 9.64 Å². The number of halogens is 3. The molecule has 2 aromatic carbocycles. The predicted molar refractivity (Wildman–Crippen MR) is 89.1 cm³/mol. The molecule has 1 heterocycles. The van der Waals surface area contributed by atoms with Crippen LogP contribution in [0, 0.1) is 0 Å². The van der Waals surface area contributed by atoms with Crippen LogP contribution in [0.1, 0.15) is 11.6 Å². The molecule has 3 rings (SSSR count). The van der Waals surface area contributed by atoms with Crippen LogP contribution >= 0.6 is 34.8 Å². The van der Waals surface area contributed by atoms with E-state index in [0.29, 0.717) is 22.0 Å². The number of nitrogens with zero attached hydrogens (tertiary/aromatic N) is 1. The quantitative estimate of drug-likeness (QED) is 0.593. The van der Waals surface area contributed by atoms with Crippen molar-refractivity contribution in [3.8, 4) is 5.75 Å². The highest BCUT2D eigenvalue weighted by Crippen LogP contribution is 2.54. The van der Waals surface area contributed by atoms with Crippen molar-refractivity contribution >= 4 is 46.4 Å². The van der Waals surface area contributed by atoms with E-state index in [1.165, 1.54) is 0 Å². The summed E-state index contributed by atoms with van der Waals surface area (Å²) in [5.74, 6) is 0.333. The lowest BCUT2D eigenvalue weighted by atomic mass is 9.91. The van der Waals surface area contributed by atoms with E-state index in [4.69, 9.17) is 39.5 Å². The minimum Gasteiger partial charge on any atom is -0.497 e. The summed E-state index contributed by atoms with van der Waals surface area (Å²) in [6.45, 7) is 0. The van der Waals surface area contributed by atoms with Gasteiger partial charge in [-0.2, -0.15) is 0 Å². The maximum atomic E-state index is 12.3. The third-order valence-electron chi connectivity index (χ3n) is 3.66. The first kappa shape index (κ1) is 15.5. The van der Waals surface area contributed by atoms with Crippen molar-refractivity contribution in [1.82, 2.24) is 0 Å². The van der Waals surface area contributed by atoms with Gasteiger partial charge in [-0.25, -0.2) is 0 Å². The van der Waals surface area contributed by atoms with E-state index in [2.05, 4.69) is 0 Å². The standard InChI is InChI=1S/C16H12Cl3NO2/c1-22-11-8-6-10(7-9-11)20-14(16(18,19)15(20)21)12-4-2-3-5-13(12)17/h2-9,14H,1H3. The normalized spacial score (nSPS) is 19.7. The number of β-lactam (4-membered cyclic amide) rings is 1. The second-order valence-corrected chi connectivity index (χ2v) is 6.71. The first-order valence-corrected chi connectivity index (χ1v) is 7.70. The number of carbonyl (C=O) groups excluding carboxylic acids is 1. The Morgan fingerprint density at radius 1 is 1.09 bits per heavy atom. The molecule has 0 saturated carbocycles. The Hall–Kier alpha value is -1.42. The number of hydrogen-bond acceptors (Lipinski definition) is 2. The van der Waals surface area contributed by atoms with Gasteiger partial charge in [0.05, 0.1) is 7.11 Å². The number of amides is 1. The molecular formula is C16H12Cl3NO2. The van der Waals surface area contributed by atoms with E-state index in [9.17, 15) is 4.79 Å². The second-order valence-electron chi connectivity index (χ2n) is 4.92. The molecule has 1 aliphatic heterocycles. The molecule has 1 fully saturated rings. The Morgan fingerprint density at radius 3 is 2.32 bits per heavy atom. The average molecular weight is 357 g/mol. The van der Waals surface area contributed by atoms with Crippen molar-refractivity contribution in [2.24, 2.45) is 0 Å². The van der Waals surface area contributed by atoms with E-state index >= 15 is 0 Å². The molecule has 0 spiro atoms. The van der Waals surface area contributed by atoms with Crippen molar-refractivity contribution < 1.29 is 9.53 Å². The smallest absolute Gasteiger partial charge is 0.266 e. The molecule has 0 aromatic heterocycles. The zero-order valence-corrected chi connectivity index (χ0v) is 13.9. The van der Waals surface area contributed by atoms with Gasteiger partial charge in [0.25, 0.3) is 5.91 Å². The number of carbonyl (C=O) groups is 1. The summed E-state index contributed by atoms with van der Waals surface area (Å²) in [6.07, 6.45) is 0. The van der Waals surface area contributed by atoms with Crippen molar-refractivity contribution in [3.05, 3.63) is 59.1 Å². The van der Waals surface area contributed by atoms with Crippen LogP contribution in [0.25, 0.3) is 0 Å². The number of anilines is 1. The van der Waals surface area contributed by atoms with Gasteiger partial charge in [0.15, 0.2) is 0 Å². The summed E-state index contributed by atoms with van der Waals surface area (Å²) < 4.78 is 3.60. The molecule has 1 saturated heterocycles. The zero-order chi connectivity index (χ0) is 15.9. The highest BCUT2D eigenvalue weighted by molar-refractivity contribution is 6.62. The number of ether oxygens (including phenoxy) is 1. The van der Waals surface area contributed by atoms with E-state index in [-0.39, 0.29) is 5.91 Å². The first-order valence-electron chi connectivity index (χ1n) is 6.56. The minimum absolute atomic E-state index is 0.370. The molecule has 0 N–H and O–H groups in total. The summed E-state index contributed by atoms with van der Waals surface area (Å²) in [5, 5.41) is 0.518. The maximum Gasteiger partial charge on any atom is 0.266 e. The van der Waals surface area contributed by atoms with Gasteiger partial charge in [-0.3, -0.25) is 9.69 Å². The zero-order valence-electron chi connectivity index (χ0n) is 11.6. The van der Waals surface area contributed by atoms with Crippen LogP contribution in [0.3, 0.4) is 0 Å². The third kappa shape index (κ3) is 2.34. The van der Waals surface area contributed by atoms with Gasteiger partial charge >= 0.3 is 0 Å². The lowest BCUT2D eigenvalue weighted by Crippen LogP contribution is -2.63. The topological polar surface area (TPSA) is 29.5 Å². The fourth-order valence-electron chi connectivity index (χ4n) is 2.53. The molecular weight excluding hydrogens is 345 g/mol. The lowest BCUT2D eigenvalue weighted by molar-refractivity contribution is -0.125. The summed E-state index contributed by atoms with van der Waals surface area (Å²) >= 11 is 18.7. The Morgan fingerprint density at radius 2 is 1.73 bits per heavy atom. The van der Waals surface area contributed by atoms with E-state index in [1.807, 2.05) is 18.2 Å². The van der Waals surface area contributed by atoms with Gasteiger partial charge in [-0.05, 0) is 35.9 Å². The van der Waals surface area contributed by atoms with E-state index in [1.54, 1.807) is 42.3 Å². The highest BCUT2D eigenvalue weighted by atomic mass is 35.5. The Balaban J connectivity index is 2.02. The van der Waals surface area contributed by atoms with Gasteiger partial charge in [-0.1, -0.05) is 53.0 Å². The molecule has 1 unspecified atom stereocenters. The van der Waals surface area contributed by atoms with Crippen LogP contribution in [0.15, 0.2) is 48.5 Å².